The summed E-state index contributed by atoms with van der Waals surface area (Å²) in [5.41, 5.74) is 0.763. The lowest BCUT2D eigenvalue weighted by atomic mass is 10.3. The van der Waals surface area contributed by atoms with Crippen molar-refractivity contribution in [1.82, 2.24) is 9.71 Å². The maximum absolute atomic E-state index is 11.6. The highest BCUT2D eigenvalue weighted by atomic mass is 32.2. The fourth-order valence-corrected chi connectivity index (χ4v) is 2.31. The third-order valence-corrected chi connectivity index (χ3v) is 3.82. The molecule has 0 aliphatic rings. The van der Waals surface area contributed by atoms with Crippen LogP contribution in [0.15, 0.2) is 24.5 Å². The third kappa shape index (κ3) is 3.29. The summed E-state index contributed by atoms with van der Waals surface area (Å²) < 4.78 is 25.6. The first kappa shape index (κ1) is 12.6. The fraction of sp³-hybridized carbons (Fsp3) is 0.400. The van der Waals surface area contributed by atoms with E-state index in [0.717, 1.165) is 5.56 Å². The number of aromatic nitrogens is 1. The Hall–Kier alpha value is -1.45. The Balaban J connectivity index is 2.66. The van der Waals surface area contributed by atoms with Crippen LogP contribution in [-0.2, 0) is 16.6 Å². The molecule has 0 amide bonds. The molecule has 1 aromatic rings. The van der Waals surface area contributed by atoms with Crippen LogP contribution in [0.4, 0.5) is 0 Å². The van der Waals surface area contributed by atoms with Gasteiger partial charge in [0, 0.05) is 18.9 Å². The fourth-order valence-electron chi connectivity index (χ4n) is 1.17. The largest absolute Gasteiger partial charge is 0.264 e. The predicted molar refractivity (Wildman–Crippen MR) is 59.7 cm³/mol. The van der Waals surface area contributed by atoms with Crippen molar-refractivity contribution in [3.63, 3.8) is 0 Å². The number of nitrogens with zero attached hydrogens (tertiary/aromatic N) is 2. The molecule has 0 radical (unpaired) electrons. The number of hydrogen-bond donors (Lipinski definition) is 1. The average molecular weight is 239 g/mol. The van der Waals surface area contributed by atoms with Gasteiger partial charge in [-0.15, -0.1) is 0 Å². The minimum atomic E-state index is -3.56. The Labute approximate surface area is 95.2 Å². The Morgan fingerprint density at radius 2 is 2.38 bits per heavy atom. The lowest BCUT2D eigenvalue weighted by Gasteiger charge is -2.09. The van der Waals surface area contributed by atoms with E-state index in [-0.39, 0.29) is 13.0 Å². The lowest BCUT2D eigenvalue weighted by molar-refractivity contribution is 0.572. The summed E-state index contributed by atoms with van der Waals surface area (Å²) in [5, 5.41) is 7.68. The number of pyridine rings is 1. The van der Waals surface area contributed by atoms with Crippen LogP contribution in [0.25, 0.3) is 0 Å². The van der Waals surface area contributed by atoms with Gasteiger partial charge in [-0.1, -0.05) is 13.0 Å². The summed E-state index contributed by atoms with van der Waals surface area (Å²) in [6.45, 7) is 1.82. The molecule has 6 heteroatoms. The highest BCUT2D eigenvalue weighted by molar-refractivity contribution is 7.90. The molecule has 0 aliphatic carbocycles. The number of hydrogen-bond acceptors (Lipinski definition) is 4. The summed E-state index contributed by atoms with van der Waals surface area (Å²) in [6.07, 6.45) is 3.47. The normalized spacial score (nSPS) is 13.0. The predicted octanol–water partition coefficient (Wildman–Crippen LogP) is 0.803. The molecule has 0 bridgehead atoms. The quantitative estimate of drug-likeness (QED) is 0.824. The van der Waals surface area contributed by atoms with Crippen molar-refractivity contribution >= 4 is 10.0 Å². The van der Waals surface area contributed by atoms with Crippen molar-refractivity contribution in [2.24, 2.45) is 0 Å². The summed E-state index contributed by atoms with van der Waals surface area (Å²) in [7, 11) is -3.56. The van der Waals surface area contributed by atoms with Gasteiger partial charge in [0.05, 0.1) is 6.07 Å². The molecule has 0 saturated carbocycles. The molecule has 86 valence electrons. The molecule has 16 heavy (non-hydrogen) atoms. The standard InChI is InChI=1S/C10H13N3O2S/c1-2-10(6-11)16(14,15)13-8-9-4-3-5-12-7-9/h3-5,7,10,13H,2,8H2,1H3. The molecule has 1 aromatic heterocycles. The van der Waals surface area contributed by atoms with E-state index < -0.39 is 15.3 Å². The molecule has 5 nitrogen and oxygen atoms in total. The number of rotatable bonds is 5. The van der Waals surface area contributed by atoms with Gasteiger partial charge in [0.1, 0.15) is 0 Å². The van der Waals surface area contributed by atoms with Crippen molar-refractivity contribution in [3.8, 4) is 6.07 Å². The zero-order valence-electron chi connectivity index (χ0n) is 8.92. The van der Waals surface area contributed by atoms with Crippen LogP contribution >= 0.6 is 0 Å². The number of nitrogens with one attached hydrogen (secondary N) is 1. The second-order valence-electron chi connectivity index (χ2n) is 3.25. The maximum Gasteiger partial charge on any atom is 0.228 e. The second-order valence-corrected chi connectivity index (χ2v) is 5.20. The monoisotopic (exact) mass is 239 g/mol. The van der Waals surface area contributed by atoms with Crippen LogP contribution < -0.4 is 4.72 Å². The van der Waals surface area contributed by atoms with E-state index in [2.05, 4.69) is 9.71 Å². The van der Waals surface area contributed by atoms with Crippen molar-refractivity contribution in [1.29, 1.82) is 5.26 Å². The third-order valence-electron chi connectivity index (χ3n) is 2.09. The molecular formula is C10H13N3O2S. The Bertz CT molecular complexity index is 465. The first-order valence-corrected chi connectivity index (χ1v) is 6.41. The van der Waals surface area contributed by atoms with Crippen molar-refractivity contribution in [2.75, 3.05) is 0 Å². The molecule has 0 aliphatic heterocycles. The molecule has 1 unspecified atom stereocenters. The van der Waals surface area contributed by atoms with Gasteiger partial charge in [-0.25, -0.2) is 13.1 Å². The minimum Gasteiger partial charge on any atom is -0.264 e. The van der Waals surface area contributed by atoms with Crippen LogP contribution in [0.1, 0.15) is 18.9 Å². The zero-order chi connectivity index (χ0) is 12.0. The molecule has 1 rings (SSSR count). The Kier molecular flexibility index (Phi) is 4.40. The van der Waals surface area contributed by atoms with Gasteiger partial charge in [0.15, 0.2) is 5.25 Å². The van der Waals surface area contributed by atoms with E-state index in [0.29, 0.717) is 0 Å². The molecule has 0 saturated heterocycles. The van der Waals surface area contributed by atoms with E-state index >= 15 is 0 Å². The van der Waals surface area contributed by atoms with Gasteiger partial charge in [-0.2, -0.15) is 5.26 Å². The van der Waals surface area contributed by atoms with Crippen molar-refractivity contribution in [3.05, 3.63) is 30.1 Å². The molecule has 1 atom stereocenters. The van der Waals surface area contributed by atoms with E-state index in [4.69, 9.17) is 5.26 Å². The first-order chi connectivity index (χ1) is 7.60. The van der Waals surface area contributed by atoms with E-state index in [1.807, 2.05) is 0 Å². The minimum absolute atomic E-state index is 0.161. The highest BCUT2D eigenvalue weighted by Crippen LogP contribution is 2.04. The lowest BCUT2D eigenvalue weighted by Crippen LogP contribution is -2.32. The summed E-state index contributed by atoms with van der Waals surface area (Å²) in [6, 6.07) is 5.26. The van der Waals surface area contributed by atoms with Gasteiger partial charge in [0.25, 0.3) is 0 Å². The molecule has 1 heterocycles. The molecule has 0 fully saturated rings. The van der Waals surface area contributed by atoms with E-state index in [1.165, 1.54) is 0 Å². The molecular weight excluding hydrogens is 226 g/mol. The van der Waals surface area contributed by atoms with E-state index in [1.54, 1.807) is 37.5 Å². The van der Waals surface area contributed by atoms with Crippen molar-refractivity contribution in [2.45, 2.75) is 25.1 Å². The second kappa shape index (κ2) is 5.58. The zero-order valence-corrected chi connectivity index (χ0v) is 9.74. The SMILES string of the molecule is CCC(C#N)S(=O)(=O)NCc1cccnc1. The molecule has 0 aromatic carbocycles. The van der Waals surface area contributed by atoms with Gasteiger partial charge in [0.2, 0.25) is 10.0 Å². The smallest absolute Gasteiger partial charge is 0.228 e. The van der Waals surface area contributed by atoms with Gasteiger partial charge < -0.3 is 0 Å². The Morgan fingerprint density at radius 1 is 1.62 bits per heavy atom. The van der Waals surface area contributed by atoms with E-state index in [9.17, 15) is 8.42 Å². The highest BCUT2D eigenvalue weighted by Gasteiger charge is 2.22. The van der Waals surface area contributed by atoms with Crippen LogP contribution in [0.2, 0.25) is 0 Å². The average Bonchev–Trinajstić information content (AvgIpc) is 2.29. The van der Waals surface area contributed by atoms with Gasteiger partial charge in [-0.3, -0.25) is 4.98 Å². The van der Waals surface area contributed by atoms with Gasteiger partial charge in [-0.05, 0) is 18.1 Å². The van der Waals surface area contributed by atoms with Crippen LogP contribution in [0, 0.1) is 11.3 Å². The topological polar surface area (TPSA) is 82.8 Å². The van der Waals surface area contributed by atoms with Crippen LogP contribution in [0.3, 0.4) is 0 Å². The summed E-state index contributed by atoms with van der Waals surface area (Å²) in [5.74, 6) is 0. The van der Waals surface area contributed by atoms with Crippen LogP contribution in [-0.4, -0.2) is 18.7 Å². The maximum atomic E-state index is 11.6. The van der Waals surface area contributed by atoms with Crippen molar-refractivity contribution < 1.29 is 8.42 Å². The Morgan fingerprint density at radius 3 is 2.88 bits per heavy atom. The molecule has 0 spiro atoms. The van der Waals surface area contributed by atoms with Gasteiger partial charge >= 0.3 is 0 Å². The number of sulfonamides is 1. The number of nitriles is 1. The van der Waals surface area contributed by atoms with Crippen LogP contribution in [0.5, 0.6) is 0 Å². The summed E-state index contributed by atoms with van der Waals surface area (Å²) in [4.78, 5) is 3.87. The molecule has 1 N–H and O–H groups in total. The first-order valence-electron chi connectivity index (χ1n) is 4.87. The summed E-state index contributed by atoms with van der Waals surface area (Å²) >= 11 is 0.